The molecular weight excluding hydrogens is 270 g/mol. The third-order valence-electron chi connectivity index (χ3n) is 6.06. The summed E-state index contributed by atoms with van der Waals surface area (Å²) in [6.07, 6.45) is 8.10. The first-order chi connectivity index (χ1) is 9.56. The van der Waals surface area contributed by atoms with Crippen molar-refractivity contribution < 1.29 is 5.11 Å². The van der Waals surface area contributed by atoms with Crippen molar-refractivity contribution in [3.8, 4) is 5.75 Å². The highest BCUT2D eigenvalue weighted by Gasteiger charge is 2.53. The Kier molecular flexibility index (Phi) is 2.84. The van der Waals surface area contributed by atoms with Gasteiger partial charge in [-0.25, -0.2) is 0 Å². The summed E-state index contributed by atoms with van der Waals surface area (Å²) in [6.45, 7) is 0. The molecule has 0 heterocycles. The molecule has 5 rings (SSSR count). The van der Waals surface area contributed by atoms with Crippen molar-refractivity contribution in [2.45, 2.75) is 44.6 Å². The van der Waals surface area contributed by atoms with E-state index in [9.17, 15) is 5.11 Å². The van der Waals surface area contributed by atoms with E-state index in [0.717, 1.165) is 23.3 Å². The fourth-order valence-electron chi connectivity index (χ4n) is 5.66. The smallest absolute Gasteiger partial charge is 0.117 e. The second kappa shape index (κ2) is 4.38. The average molecular weight is 292 g/mol. The lowest BCUT2D eigenvalue weighted by atomic mass is 9.47. The first-order valence-electron chi connectivity index (χ1n) is 7.80. The van der Waals surface area contributed by atoms with Gasteiger partial charge in [0, 0.05) is 11.1 Å². The molecule has 0 aliphatic heterocycles. The number of phenols is 1. The Balaban J connectivity index is 1.69. The summed E-state index contributed by atoms with van der Waals surface area (Å²) >= 11 is 6.32. The number of hydrogen-bond donors (Lipinski definition) is 2. The van der Waals surface area contributed by atoms with Crippen LogP contribution in [0.15, 0.2) is 18.2 Å². The molecule has 1 aromatic carbocycles. The van der Waals surface area contributed by atoms with E-state index in [0.29, 0.717) is 5.02 Å². The Labute approximate surface area is 125 Å². The summed E-state index contributed by atoms with van der Waals surface area (Å²) in [7, 11) is 0. The van der Waals surface area contributed by atoms with E-state index in [1.165, 1.54) is 38.5 Å². The lowest BCUT2D eigenvalue weighted by Gasteiger charge is -2.59. The van der Waals surface area contributed by atoms with Crippen LogP contribution in [0.1, 0.15) is 50.1 Å². The Morgan fingerprint density at radius 2 is 1.65 bits per heavy atom. The van der Waals surface area contributed by atoms with E-state index in [2.05, 4.69) is 0 Å². The summed E-state index contributed by atoms with van der Waals surface area (Å²) in [6, 6.07) is 5.27. The van der Waals surface area contributed by atoms with Crippen molar-refractivity contribution in [1.29, 1.82) is 0 Å². The molecule has 3 N–H and O–H groups in total. The molecule has 0 amide bonds. The number of aromatic hydroxyl groups is 1. The third kappa shape index (κ3) is 1.88. The van der Waals surface area contributed by atoms with Crippen molar-refractivity contribution >= 4 is 11.6 Å². The minimum absolute atomic E-state index is 0.0176. The molecule has 4 bridgehead atoms. The minimum atomic E-state index is 0.0176. The van der Waals surface area contributed by atoms with Crippen LogP contribution in [0.5, 0.6) is 5.75 Å². The molecule has 4 aliphatic rings. The second-order valence-electron chi connectivity index (χ2n) is 7.46. The molecule has 0 saturated heterocycles. The summed E-state index contributed by atoms with van der Waals surface area (Å²) in [4.78, 5) is 0. The van der Waals surface area contributed by atoms with Gasteiger partial charge < -0.3 is 10.8 Å². The number of nitrogens with two attached hydrogens (primary N) is 1. The highest BCUT2D eigenvalue weighted by molar-refractivity contribution is 6.31. The molecule has 0 radical (unpaired) electrons. The van der Waals surface area contributed by atoms with Crippen LogP contribution in [0, 0.1) is 23.2 Å². The Morgan fingerprint density at radius 3 is 2.15 bits per heavy atom. The van der Waals surface area contributed by atoms with Crippen LogP contribution in [-0.4, -0.2) is 5.11 Å². The van der Waals surface area contributed by atoms with Crippen molar-refractivity contribution in [3.05, 3.63) is 28.8 Å². The molecule has 0 spiro atoms. The predicted octanol–water partition coefficient (Wildman–Crippen LogP) is 4.26. The summed E-state index contributed by atoms with van der Waals surface area (Å²) in [5, 5.41) is 10.1. The first-order valence-corrected chi connectivity index (χ1v) is 8.17. The molecule has 1 atom stereocenters. The number of hydrogen-bond acceptors (Lipinski definition) is 2. The van der Waals surface area contributed by atoms with Gasteiger partial charge in [0.05, 0.1) is 0 Å². The van der Waals surface area contributed by atoms with Crippen LogP contribution >= 0.6 is 11.6 Å². The molecule has 4 aliphatic carbocycles. The van der Waals surface area contributed by atoms with Gasteiger partial charge in [-0.1, -0.05) is 17.7 Å². The molecule has 4 fully saturated rings. The van der Waals surface area contributed by atoms with E-state index in [1.54, 1.807) is 12.1 Å². The normalized spacial score (nSPS) is 40.0. The zero-order valence-electron chi connectivity index (χ0n) is 11.7. The highest BCUT2D eigenvalue weighted by Crippen LogP contribution is 2.63. The van der Waals surface area contributed by atoms with E-state index in [1.807, 2.05) is 6.07 Å². The lowest BCUT2D eigenvalue weighted by Crippen LogP contribution is -2.50. The van der Waals surface area contributed by atoms with Gasteiger partial charge in [0.15, 0.2) is 0 Å². The monoisotopic (exact) mass is 291 g/mol. The van der Waals surface area contributed by atoms with Crippen LogP contribution in [0.25, 0.3) is 0 Å². The lowest BCUT2D eigenvalue weighted by molar-refractivity contribution is -0.0677. The van der Waals surface area contributed by atoms with E-state index < -0.39 is 0 Å². The molecule has 1 aromatic rings. The molecule has 4 saturated carbocycles. The van der Waals surface area contributed by atoms with Crippen molar-refractivity contribution in [2.75, 3.05) is 0 Å². The maximum absolute atomic E-state index is 9.53. The zero-order chi connectivity index (χ0) is 13.9. The number of halogens is 1. The van der Waals surface area contributed by atoms with Gasteiger partial charge in [0.1, 0.15) is 5.75 Å². The zero-order valence-corrected chi connectivity index (χ0v) is 12.4. The molecule has 1 unspecified atom stereocenters. The third-order valence-corrected chi connectivity index (χ3v) is 6.39. The maximum Gasteiger partial charge on any atom is 0.117 e. The van der Waals surface area contributed by atoms with Crippen molar-refractivity contribution in [3.63, 3.8) is 0 Å². The highest BCUT2D eigenvalue weighted by atomic mass is 35.5. The topological polar surface area (TPSA) is 46.2 Å². The first kappa shape index (κ1) is 13.0. The van der Waals surface area contributed by atoms with E-state index >= 15 is 0 Å². The van der Waals surface area contributed by atoms with E-state index in [-0.39, 0.29) is 17.2 Å². The van der Waals surface area contributed by atoms with Crippen LogP contribution in [0.2, 0.25) is 5.02 Å². The summed E-state index contributed by atoms with van der Waals surface area (Å²) in [5.41, 5.74) is 7.96. The van der Waals surface area contributed by atoms with Crippen LogP contribution in [-0.2, 0) is 0 Å². The summed E-state index contributed by atoms with van der Waals surface area (Å²) < 4.78 is 0. The number of phenolic OH excluding ortho intramolecular Hbond substituents is 1. The Hall–Kier alpha value is -0.730. The van der Waals surface area contributed by atoms with E-state index in [4.69, 9.17) is 17.3 Å². The SMILES string of the molecule is NC(c1ccc(O)cc1Cl)C12CC3CC(CC(C3)C1)C2. The average Bonchev–Trinajstić information content (AvgIpc) is 2.36. The van der Waals surface area contributed by atoms with Gasteiger partial charge in [-0.3, -0.25) is 0 Å². The Bertz CT molecular complexity index is 507. The number of rotatable bonds is 2. The molecule has 2 nitrogen and oxygen atoms in total. The maximum atomic E-state index is 9.53. The second-order valence-corrected chi connectivity index (χ2v) is 7.87. The van der Waals surface area contributed by atoms with Crippen LogP contribution in [0.4, 0.5) is 0 Å². The molecular formula is C17H22ClNO. The Morgan fingerprint density at radius 1 is 1.10 bits per heavy atom. The van der Waals surface area contributed by atoms with Crippen molar-refractivity contribution in [2.24, 2.45) is 28.9 Å². The van der Waals surface area contributed by atoms with Gasteiger partial charge in [0.2, 0.25) is 0 Å². The van der Waals surface area contributed by atoms with Gasteiger partial charge in [-0.15, -0.1) is 0 Å². The predicted molar refractivity (Wildman–Crippen MR) is 80.7 cm³/mol. The molecule has 108 valence electrons. The largest absolute Gasteiger partial charge is 0.508 e. The van der Waals surface area contributed by atoms with Gasteiger partial charge in [0.25, 0.3) is 0 Å². The van der Waals surface area contributed by atoms with Gasteiger partial charge in [-0.05, 0) is 79.4 Å². The molecule has 20 heavy (non-hydrogen) atoms. The van der Waals surface area contributed by atoms with Gasteiger partial charge >= 0.3 is 0 Å². The molecule has 0 aromatic heterocycles. The van der Waals surface area contributed by atoms with Crippen LogP contribution in [0.3, 0.4) is 0 Å². The minimum Gasteiger partial charge on any atom is -0.508 e. The summed E-state index contributed by atoms with van der Waals surface area (Å²) in [5.74, 6) is 2.89. The molecule has 3 heteroatoms. The number of benzene rings is 1. The standard InChI is InChI=1S/C17H22ClNO/c18-15-6-13(20)1-2-14(15)16(19)17-7-10-3-11(8-17)5-12(4-10)9-17/h1-2,6,10-12,16,20H,3-5,7-9,19H2. The fourth-order valence-corrected chi connectivity index (χ4v) is 5.95. The van der Waals surface area contributed by atoms with Crippen molar-refractivity contribution in [1.82, 2.24) is 0 Å². The fraction of sp³-hybridized carbons (Fsp3) is 0.647. The van der Waals surface area contributed by atoms with Gasteiger partial charge in [-0.2, -0.15) is 0 Å². The van der Waals surface area contributed by atoms with Crippen LogP contribution < -0.4 is 5.73 Å². The quantitative estimate of drug-likeness (QED) is 0.855.